The second kappa shape index (κ2) is 23.3. The van der Waals surface area contributed by atoms with Crippen molar-refractivity contribution in [2.75, 3.05) is 26.7 Å². The van der Waals surface area contributed by atoms with E-state index in [0.29, 0.717) is 0 Å². The summed E-state index contributed by atoms with van der Waals surface area (Å²) >= 11 is 0. The molecule has 0 aliphatic heterocycles. The van der Waals surface area contributed by atoms with Gasteiger partial charge in [-0.05, 0) is 38.5 Å². The molecule has 0 atom stereocenters. The fraction of sp³-hybridized carbons (Fsp3) is 1.00. The van der Waals surface area contributed by atoms with Crippen LogP contribution in [0.1, 0.15) is 136 Å². The molecule has 161 valence electrons. The van der Waals surface area contributed by atoms with Crippen LogP contribution in [0.3, 0.4) is 0 Å². The summed E-state index contributed by atoms with van der Waals surface area (Å²) in [6.45, 7) is 11.2. The minimum Gasteiger partial charge on any atom is -0.326 e. The van der Waals surface area contributed by atoms with Gasteiger partial charge >= 0.3 is 0 Å². The van der Waals surface area contributed by atoms with Crippen LogP contribution in [0.25, 0.3) is 0 Å². The normalized spacial score (nSPS) is 11.6. The molecule has 0 amide bonds. The van der Waals surface area contributed by atoms with Crippen molar-refractivity contribution in [2.24, 2.45) is 0 Å². The first-order valence-electron chi connectivity index (χ1n) is 12.5. The van der Waals surface area contributed by atoms with E-state index >= 15 is 0 Å². The first kappa shape index (κ1) is 30.3. The quantitative estimate of drug-likeness (QED) is 0.120. The van der Waals surface area contributed by atoms with Gasteiger partial charge in [0.1, 0.15) is 0 Å². The fourth-order valence-electron chi connectivity index (χ4n) is 4.16. The summed E-state index contributed by atoms with van der Waals surface area (Å²) in [5.74, 6) is 0. The third kappa shape index (κ3) is 21.6. The smallest absolute Gasteiger partial charge is 0.0784 e. The Labute approximate surface area is 199 Å². The molecular weight excluding hydrogens is 403 g/mol. The van der Waals surface area contributed by atoms with Crippen LogP contribution in [0, 0.1) is 0 Å². The van der Waals surface area contributed by atoms with E-state index in [9.17, 15) is 0 Å². The Morgan fingerprint density at radius 3 is 0.852 bits per heavy atom. The number of hydrogen-bond acceptors (Lipinski definition) is 0. The molecule has 0 spiro atoms. The fourth-order valence-corrected chi connectivity index (χ4v) is 4.16. The van der Waals surface area contributed by atoms with Crippen LogP contribution in [-0.4, -0.2) is 31.2 Å². The van der Waals surface area contributed by atoms with E-state index in [0.717, 1.165) is 0 Å². The van der Waals surface area contributed by atoms with Crippen LogP contribution < -0.4 is 0 Å². The number of unbranched alkanes of at least 4 members (excludes halogenated alkanes) is 15. The minimum absolute atomic E-state index is 0. The Morgan fingerprint density at radius 1 is 0.370 bits per heavy atom. The Hall–Kier alpha value is 1.06. The Bertz CT molecular complexity index is 226. The molecule has 0 aromatic rings. The SMILES string of the molecule is CCCCCCCC[N+](C)(CCCCCCCC)CCCCCCCC.[Y]. The van der Waals surface area contributed by atoms with Gasteiger partial charge in [-0.2, -0.15) is 0 Å². The molecule has 0 saturated carbocycles. The van der Waals surface area contributed by atoms with E-state index in [1.165, 1.54) is 140 Å². The van der Waals surface area contributed by atoms with Gasteiger partial charge in [-0.3, -0.25) is 0 Å². The molecule has 2 heteroatoms. The van der Waals surface area contributed by atoms with Gasteiger partial charge in [0.05, 0.1) is 26.7 Å². The van der Waals surface area contributed by atoms with Crippen molar-refractivity contribution in [3.8, 4) is 0 Å². The van der Waals surface area contributed by atoms with Gasteiger partial charge in [0.2, 0.25) is 0 Å². The zero-order valence-electron chi connectivity index (χ0n) is 19.9. The van der Waals surface area contributed by atoms with Gasteiger partial charge in [0.15, 0.2) is 0 Å². The number of rotatable bonds is 21. The summed E-state index contributed by atoms with van der Waals surface area (Å²) in [7, 11) is 2.56. The molecule has 0 saturated heterocycles. The molecule has 0 N–H and O–H groups in total. The molecule has 0 unspecified atom stereocenters. The molecule has 0 heterocycles. The second-order valence-electron chi connectivity index (χ2n) is 9.09. The van der Waals surface area contributed by atoms with Crippen molar-refractivity contribution in [3.63, 3.8) is 0 Å². The van der Waals surface area contributed by atoms with Gasteiger partial charge in [-0.1, -0.05) is 97.8 Å². The summed E-state index contributed by atoms with van der Waals surface area (Å²) < 4.78 is 1.36. The van der Waals surface area contributed by atoms with Crippen molar-refractivity contribution in [1.29, 1.82) is 0 Å². The van der Waals surface area contributed by atoms with Crippen molar-refractivity contribution in [2.45, 2.75) is 136 Å². The van der Waals surface area contributed by atoms with Gasteiger partial charge in [-0.25, -0.2) is 0 Å². The number of quaternary nitrogens is 1. The van der Waals surface area contributed by atoms with E-state index in [2.05, 4.69) is 27.8 Å². The van der Waals surface area contributed by atoms with Crippen LogP contribution in [0.15, 0.2) is 0 Å². The van der Waals surface area contributed by atoms with Gasteiger partial charge in [0, 0.05) is 32.7 Å². The third-order valence-corrected chi connectivity index (χ3v) is 6.15. The van der Waals surface area contributed by atoms with E-state index in [1.807, 2.05) is 0 Å². The average Bonchev–Trinajstić information content (AvgIpc) is 2.64. The van der Waals surface area contributed by atoms with Crippen LogP contribution in [0.4, 0.5) is 0 Å². The molecule has 0 aliphatic carbocycles. The molecular formula is C25H54NY+. The summed E-state index contributed by atoms with van der Waals surface area (Å²) in [4.78, 5) is 0. The van der Waals surface area contributed by atoms with Crippen LogP contribution in [-0.2, 0) is 32.7 Å². The molecule has 0 aromatic heterocycles. The first-order valence-corrected chi connectivity index (χ1v) is 12.5. The molecule has 0 aliphatic rings. The van der Waals surface area contributed by atoms with Crippen LogP contribution in [0.2, 0.25) is 0 Å². The van der Waals surface area contributed by atoms with Crippen LogP contribution in [0.5, 0.6) is 0 Å². The maximum absolute atomic E-state index is 2.56. The average molecular weight is 458 g/mol. The molecule has 0 rings (SSSR count). The number of hydrogen-bond donors (Lipinski definition) is 0. The van der Waals surface area contributed by atoms with Crippen LogP contribution >= 0.6 is 0 Å². The molecule has 1 nitrogen and oxygen atoms in total. The summed E-state index contributed by atoms with van der Waals surface area (Å²) in [6, 6.07) is 0. The maximum atomic E-state index is 2.56. The summed E-state index contributed by atoms with van der Waals surface area (Å²) in [5, 5.41) is 0. The monoisotopic (exact) mass is 457 g/mol. The van der Waals surface area contributed by atoms with E-state index in [4.69, 9.17) is 0 Å². The molecule has 1 radical (unpaired) electrons. The molecule has 0 aromatic carbocycles. The second-order valence-corrected chi connectivity index (χ2v) is 9.09. The standard InChI is InChI=1S/C25H54N.Y/c1-5-8-11-14-17-20-23-26(4,24-21-18-15-12-9-6-2)25-22-19-16-13-10-7-3;/h5-25H2,1-4H3;/q+1;. The van der Waals surface area contributed by atoms with Crippen molar-refractivity contribution >= 4 is 0 Å². The predicted molar refractivity (Wildman–Crippen MR) is 121 cm³/mol. The van der Waals surface area contributed by atoms with Gasteiger partial charge < -0.3 is 4.48 Å². The zero-order chi connectivity index (χ0) is 19.3. The maximum Gasteiger partial charge on any atom is 0.0784 e. The van der Waals surface area contributed by atoms with Gasteiger partial charge in [0.25, 0.3) is 0 Å². The Morgan fingerprint density at radius 2 is 0.593 bits per heavy atom. The van der Waals surface area contributed by atoms with Crippen molar-refractivity contribution in [1.82, 2.24) is 0 Å². The largest absolute Gasteiger partial charge is 0.326 e. The first-order chi connectivity index (χ1) is 12.7. The molecule has 0 fully saturated rings. The van der Waals surface area contributed by atoms with Gasteiger partial charge in [-0.15, -0.1) is 0 Å². The zero-order valence-corrected chi connectivity index (χ0v) is 22.7. The third-order valence-electron chi connectivity index (χ3n) is 6.15. The molecule has 0 bridgehead atoms. The summed E-state index contributed by atoms with van der Waals surface area (Å²) in [6.07, 6.45) is 25.9. The Balaban J connectivity index is 0. The van der Waals surface area contributed by atoms with E-state index < -0.39 is 0 Å². The van der Waals surface area contributed by atoms with E-state index in [-0.39, 0.29) is 32.7 Å². The van der Waals surface area contributed by atoms with Crippen molar-refractivity contribution < 1.29 is 37.2 Å². The topological polar surface area (TPSA) is 0 Å². The Kier molecular flexibility index (Phi) is 26.2. The minimum atomic E-state index is 0. The number of nitrogens with zero attached hydrogens (tertiary/aromatic N) is 1. The van der Waals surface area contributed by atoms with E-state index in [1.54, 1.807) is 0 Å². The van der Waals surface area contributed by atoms with Crippen molar-refractivity contribution in [3.05, 3.63) is 0 Å². The predicted octanol–water partition coefficient (Wildman–Crippen LogP) is 8.51. The summed E-state index contributed by atoms with van der Waals surface area (Å²) in [5.41, 5.74) is 0. The molecule has 27 heavy (non-hydrogen) atoms.